The number of nitrogens with zero attached hydrogens (tertiary/aromatic N) is 2. The van der Waals surface area contributed by atoms with E-state index in [1.165, 1.54) is 13.2 Å². The van der Waals surface area contributed by atoms with Crippen molar-refractivity contribution in [3.8, 4) is 5.75 Å². The van der Waals surface area contributed by atoms with Gasteiger partial charge >= 0.3 is 0 Å². The zero-order valence-corrected chi connectivity index (χ0v) is 14.9. The third kappa shape index (κ3) is 3.66. The lowest BCUT2D eigenvalue weighted by molar-refractivity contribution is 0.385. The molecule has 5 heteroatoms. The van der Waals surface area contributed by atoms with Crippen molar-refractivity contribution in [2.45, 2.75) is 39.4 Å². The summed E-state index contributed by atoms with van der Waals surface area (Å²) in [7, 11) is 1.47. The van der Waals surface area contributed by atoms with E-state index in [2.05, 4.69) is 22.9 Å². The van der Waals surface area contributed by atoms with E-state index in [1.54, 1.807) is 6.07 Å². The molecule has 0 aliphatic rings. The first-order chi connectivity index (χ1) is 12.1. The Labute approximate surface area is 147 Å². The third-order valence-electron chi connectivity index (χ3n) is 4.42. The first-order valence-electron chi connectivity index (χ1n) is 8.65. The van der Waals surface area contributed by atoms with E-state index in [0.717, 1.165) is 35.4 Å². The van der Waals surface area contributed by atoms with E-state index in [1.807, 2.05) is 31.2 Å². The van der Waals surface area contributed by atoms with E-state index in [4.69, 9.17) is 9.72 Å². The molecule has 0 radical (unpaired) electrons. The zero-order chi connectivity index (χ0) is 17.8. The number of aryl methyl sites for hydroxylation is 1. The maximum Gasteiger partial charge on any atom is 0.165 e. The molecule has 25 heavy (non-hydrogen) atoms. The number of hydrogen-bond acceptors (Lipinski definition) is 3. The van der Waals surface area contributed by atoms with E-state index < -0.39 is 0 Å². The van der Waals surface area contributed by atoms with Crippen LogP contribution in [0.5, 0.6) is 5.75 Å². The van der Waals surface area contributed by atoms with Gasteiger partial charge in [0, 0.05) is 12.6 Å². The summed E-state index contributed by atoms with van der Waals surface area (Å²) >= 11 is 0. The van der Waals surface area contributed by atoms with Gasteiger partial charge in [-0.25, -0.2) is 9.37 Å². The molecule has 0 saturated heterocycles. The Morgan fingerprint density at radius 1 is 1.24 bits per heavy atom. The molecule has 4 nitrogen and oxygen atoms in total. The molecular weight excluding hydrogens is 317 g/mol. The SMILES string of the molecule is CCCn1c(CNC(C)c2ccc(OC)c(F)c2)nc2ccccc21. The molecule has 1 N–H and O–H groups in total. The molecule has 0 bridgehead atoms. The number of halogens is 1. The minimum Gasteiger partial charge on any atom is -0.494 e. The van der Waals surface area contributed by atoms with Gasteiger partial charge in [-0.1, -0.05) is 25.1 Å². The Hall–Kier alpha value is -2.40. The number of rotatable bonds is 7. The molecular formula is C20H24FN3O. The van der Waals surface area contributed by atoms with Crippen LogP contribution in [0.4, 0.5) is 4.39 Å². The Kier molecular flexibility index (Phi) is 5.34. The first kappa shape index (κ1) is 17.4. The fraction of sp³-hybridized carbons (Fsp3) is 0.350. The van der Waals surface area contributed by atoms with Crippen molar-refractivity contribution in [2.75, 3.05) is 7.11 Å². The van der Waals surface area contributed by atoms with Gasteiger partial charge in [-0.3, -0.25) is 0 Å². The second-order valence-corrected chi connectivity index (χ2v) is 6.16. The van der Waals surface area contributed by atoms with Crippen molar-refractivity contribution in [1.82, 2.24) is 14.9 Å². The predicted octanol–water partition coefficient (Wildman–Crippen LogP) is 4.44. The lowest BCUT2D eigenvalue weighted by Crippen LogP contribution is -2.21. The van der Waals surface area contributed by atoms with Gasteiger partial charge in [-0.05, 0) is 43.2 Å². The van der Waals surface area contributed by atoms with Crippen LogP contribution in [0.25, 0.3) is 11.0 Å². The summed E-state index contributed by atoms with van der Waals surface area (Å²) in [5, 5.41) is 3.45. The van der Waals surface area contributed by atoms with E-state index in [0.29, 0.717) is 6.54 Å². The van der Waals surface area contributed by atoms with Crippen LogP contribution in [0.1, 0.15) is 37.7 Å². The van der Waals surface area contributed by atoms with Crippen molar-refractivity contribution in [2.24, 2.45) is 0 Å². The highest BCUT2D eigenvalue weighted by atomic mass is 19.1. The zero-order valence-electron chi connectivity index (χ0n) is 14.9. The van der Waals surface area contributed by atoms with Crippen molar-refractivity contribution in [3.63, 3.8) is 0 Å². The third-order valence-corrected chi connectivity index (χ3v) is 4.42. The molecule has 0 aliphatic heterocycles. The summed E-state index contributed by atoms with van der Waals surface area (Å²) in [6.45, 7) is 5.75. The maximum atomic E-state index is 13.9. The normalized spacial score (nSPS) is 12.5. The number of hydrogen-bond donors (Lipinski definition) is 1. The first-order valence-corrected chi connectivity index (χ1v) is 8.65. The molecule has 3 aromatic rings. The van der Waals surface area contributed by atoms with Crippen LogP contribution in [-0.4, -0.2) is 16.7 Å². The molecule has 1 unspecified atom stereocenters. The number of para-hydroxylation sites is 2. The van der Waals surface area contributed by atoms with Crippen LogP contribution in [0.15, 0.2) is 42.5 Å². The van der Waals surface area contributed by atoms with Crippen molar-refractivity contribution < 1.29 is 9.13 Å². The van der Waals surface area contributed by atoms with Gasteiger partial charge in [-0.15, -0.1) is 0 Å². The monoisotopic (exact) mass is 341 g/mol. The molecule has 1 aromatic heterocycles. The highest BCUT2D eigenvalue weighted by Crippen LogP contribution is 2.22. The highest BCUT2D eigenvalue weighted by Gasteiger charge is 2.13. The van der Waals surface area contributed by atoms with Crippen molar-refractivity contribution in [1.29, 1.82) is 0 Å². The maximum absolute atomic E-state index is 13.9. The quantitative estimate of drug-likeness (QED) is 0.690. The van der Waals surface area contributed by atoms with Crippen LogP contribution >= 0.6 is 0 Å². The number of benzene rings is 2. The number of imidazole rings is 1. The molecule has 0 spiro atoms. The summed E-state index contributed by atoms with van der Waals surface area (Å²) in [5.41, 5.74) is 3.05. The summed E-state index contributed by atoms with van der Waals surface area (Å²) in [5.74, 6) is 0.927. The smallest absolute Gasteiger partial charge is 0.165 e. The van der Waals surface area contributed by atoms with Crippen LogP contribution in [0.2, 0.25) is 0 Å². The number of fused-ring (bicyclic) bond motifs is 1. The van der Waals surface area contributed by atoms with Gasteiger partial charge in [-0.2, -0.15) is 0 Å². The van der Waals surface area contributed by atoms with Gasteiger partial charge < -0.3 is 14.6 Å². The van der Waals surface area contributed by atoms with Gasteiger partial charge in [0.25, 0.3) is 0 Å². The topological polar surface area (TPSA) is 39.1 Å². The molecule has 0 saturated carbocycles. The van der Waals surface area contributed by atoms with Gasteiger partial charge in [0.05, 0.1) is 24.7 Å². The number of aromatic nitrogens is 2. The second kappa shape index (κ2) is 7.66. The van der Waals surface area contributed by atoms with Gasteiger partial charge in [0.15, 0.2) is 11.6 Å². The summed E-state index contributed by atoms with van der Waals surface area (Å²) in [6, 6.07) is 13.3. The largest absolute Gasteiger partial charge is 0.494 e. The predicted molar refractivity (Wildman–Crippen MR) is 98.2 cm³/mol. The molecule has 0 aliphatic carbocycles. The Morgan fingerprint density at radius 3 is 2.76 bits per heavy atom. The molecule has 1 heterocycles. The standard InChI is InChI=1S/C20H24FN3O/c1-4-11-24-18-8-6-5-7-17(18)23-20(24)13-22-14(2)15-9-10-19(25-3)16(21)12-15/h5-10,12,14,22H,4,11,13H2,1-3H3. The average molecular weight is 341 g/mol. The number of methoxy groups -OCH3 is 1. The molecule has 1 atom stereocenters. The lowest BCUT2D eigenvalue weighted by atomic mass is 10.1. The molecule has 0 fully saturated rings. The van der Waals surface area contributed by atoms with Crippen molar-refractivity contribution >= 4 is 11.0 Å². The van der Waals surface area contributed by atoms with Crippen LogP contribution in [-0.2, 0) is 13.1 Å². The number of ether oxygens (including phenoxy) is 1. The summed E-state index contributed by atoms with van der Waals surface area (Å²) < 4.78 is 21.1. The van der Waals surface area contributed by atoms with Gasteiger partial charge in [0.1, 0.15) is 5.82 Å². The molecule has 3 rings (SSSR count). The summed E-state index contributed by atoms with van der Waals surface area (Å²) in [6.07, 6.45) is 1.05. The van der Waals surface area contributed by atoms with E-state index in [9.17, 15) is 4.39 Å². The molecule has 132 valence electrons. The molecule has 2 aromatic carbocycles. The van der Waals surface area contributed by atoms with E-state index >= 15 is 0 Å². The fourth-order valence-corrected chi connectivity index (χ4v) is 3.05. The Balaban J connectivity index is 1.77. The highest BCUT2D eigenvalue weighted by molar-refractivity contribution is 5.75. The van der Waals surface area contributed by atoms with Crippen LogP contribution in [0.3, 0.4) is 0 Å². The van der Waals surface area contributed by atoms with Crippen molar-refractivity contribution in [3.05, 3.63) is 59.7 Å². The minimum absolute atomic E-state index is 0.00953. The minimum atomic E-state index is -0.341. The average Bonchev–Trinajstić information content (AvgIpc) is 2.98. The Morgan fingerprint density at radius 2 is 2.04 bits per heavy atom. The number of nitrogens with one attached hydrogen (secondary N) is 1. The van der Waals surface area contributed by atoms with Gasteiger partial charge in [0.2, 0.25) is 0 Å². The fourth-order valence-electron chi connectivity index (χ4n) is 3.05. The van der Waals surface area contributed by atoms with Crippen LogP contribution < -0.4 is 10.1 Å². The molecule has 0 amide bonds. The van der Waals surface area contributed by atoms with Crippen LogP contribution in [0, 0.1) is 5.82 Å². The lowest BCUT2D eigenvalue weighted by Gasteiger charge is -2.16. The Bertz CT molecular complexity index is 859. The van der Waals surface area contributed by atoms with E-state index in [-0.39, 0.29) is 17.6 Å². The second-order valence-electron chi connectivity index (χ2n) is 6.16. The summed E-state index contributed by atoms with van der Waals surface area (Å²) in [4.78, 5) is 4.75.